The summed E-state index contributed by atoms with van der Waals surface area (Å²) in [4.78, 5) is 10.3. The molecule has 0 amide bonds. The van der Waals surface area contributed by atoms with Gasteiger partial charge in [-0.05, 0) is 25.8 Å². The van der Waals surface area contributed by atoms with E-state index in [4.69, 9.17) is 10.8 Å². The molecule has 0 saturated carbocycles. The lowest BCUT2D eigenvalue weighted by atomic mass is 10.2. The van der Waals surface area contributed by atoms with E-state index >= 15 is 0 Å². The molecule has 0 atom stereocenters. The highest BCUT2D eigenvalue weighted by molar-refractivity contribution is 5.86. The van der Waals surface area contributed by atoms with E-state index in [2.05, 4.69) is 0 Å². The number of hydrogen-bond donors (Lipinski definition) is 2. The third-order valence-corrected chi connectivity index (χ3v) is 1.47. The van der Waals surface area contributed by atoms with E-state index < -0.39 is 12.6 Å². The minimum absolute atomic E-state index is 0.160. The van der Waals surface area contributed by atoms with Crippen molar-refractivity contribution < 1.29 is 14.3 Å². The van der Waals surface area contributed by atoms with Crippen molar-refractivity contribution in [3.05, 3.63) is 11.6 Å². The topological polar surface area (TPSA) is 63.3 Å². The van der Waals surface area contributed by atoms with Crippen LogP contribution in [0.15, 0.2) is 11.6 Å². The van der Waals surface area contributed by atoms with Crippen molar-refractivity contribution in [2.24, 2.45) is 5.73 Å². The minimum atomic E-state index is -1.18. The molecule has 3 nitrogen and oxygen atoms in total. The summed E-state index contributed by atoms with van der Waals surface area (Å²) in [6.45, 7) is -0.316. The molecule has 12 heavy (non-hydrogen) atoms. The Kier molecular flexibility index (Phi) is 6.28. The zero-order chi connectivity index (χ0) is 9.40. The Hall–Kier alpha value is -0.900. The first-order valence-corrected chi connectivity index (χ1v) is 3.90. The number of nitrogens with two attached hydrogens (primary N) is 1. The third-order valence-electron chi connectivity index (χ3n) is 1.47. The summed E-state index contributed by atoms with van der Waals surface area (Å²) in [6, 6.07) is 0. The van der Waals surface area contributed by atoms with Crippen LogP contribution in [0.5, 0.6) is 0 Å². The Morgan fingerprint density at radius 3 is 2.58 bits per heavy atom. The Balaban J connectivity index is 3.71. The van der Waals surface area contributed by atoms with Crippen molar-refractivity contribution in [3.63, 3.8) is 0 Å². The molecule has 4 heteroatoms. The molecule has 0 aromatic carbocycles. The van der Waals surface area contributed by atoms with Crippen LogP contribution in [-0.2, 0) is 4.79 Å². The van der Waals surface area contributed by atoms with E-state index in [9.17, 15) is 9.18 Å². The SMILES string of the molecule is NCCCC/C=C(/CF)C(=O)O. The maximum atomic E-state index is 11.9. The number of hydrogen-bond acceptors (Lipinski definition) is 2. The lowest BCUT2D eigenvalue weighted by Crippen LogP contribution is -2.02. The van der Waals surface area contributed by atoms with Gasteiger partial charge in [-0.15, -0.1) is 0 Å². The van der Waals surface area contributed by atoms with Crippen LogP contribution in [0.3, 0.4) is 0 Å². The van der Waals surface area contributed by atoms with Crippen LogP contribution in [-0.4, -0.2) is 24.3 Å². The van der Waals surface area contributed by atoms with Gasteiger partial charge in [0.2, 0.25) is 0 Å². The van der Waals surface area contributed by atoms with Gasteiger partial charge in [0.05, 0.1) is 5.57 Å². The Morgan fingerprint density at radius 1 is 1.50 bits per heavy atom. The van der Waals surface area contributed by atoms with E-state index in [1.165, 1.54) is 6.08 Å². The fourth-order valence-corrected chi connectivity index (χ4v) is 0.764. The zero-order valence-electron chi connectivity index (χ0n) is 6.92. The van der Waals surface area contributed by atoms with Crippen LogP contribution in [0.4, 0.5) is 4.39 Å². The smallest absolute Gasteiger partial charge is 0.333 e. The number of allylic oxidation sites excluding steroid dienone is 1. The van der Waals surface area contributed by atoms with E-state index in [0.717, 1.165) is 12.8 Å². The van der Waals surface area contributed by atoms with Gasteiger partial charge in [0, 0.05) is 0 Å². The van der Waals surface area contributed by atoms with Crippen LogP contribution < -0.4 is 5.73 Å². The van der Waals surface area contributed by atoms with Gasteiger partial charge in [0.15, 0.2) is 0 Å². The summed E-state index contributed by atoms with van der Waals surface area (Å²) < 4.78 is 11.9. The summed E-state index contributed by atoms with van der Waals surface area (Å²) in [6.07, 6.45) is 3.66. The molecule has 0 unspecified atom stereocenters. The van der Waals surface area contributed by atoms with E-state index in [-0.39, 0.29) is 5.57 Å². The Labute approximate surface area is 71.1 Å². The predicted molar refractivity (Wildman–Crippen MR) is 44.6 cm³/mol. The van der Waals surface area contributed by atoms with Gasteiger partial charge in [-0.3, -0.25) is 0 Å². The van der Waals surface area contributed by atoms with Crippen molar-refractivity contribution >= 4 is 5.97 Å². The average molecular weight is 175 g/mol. The fourth-order valence-electron chi connectivity index (χ4n) is 0.764. The molecule has 0 aromatic heterocycles. The highest BCUT2D eigenvalue weighted by atomic mass is 19.1. The van der Waals surface area contributed by atoms with Gasteiger partial charge in [-0.25, -0.2) is 9.18 Å². The first kappa shape index (κ1) is 11.1. The minimum Gasteiger partial charge on any atom is -0.478 e. The maximum absolute atomic E-state index is 11.9. The van der Waals surface area contributed by atoms with Gasteiger partial charge in [-0.1, -0.05) is 6.08 Å². The molecule has 0 aliphatic heterocycles. The molecule has 0 saturated heterocycles. The molecule has 3 N–H and O–H groups in total. The maximum Gasteiger partial charge on any atom is 0.333 e. The first-order chi connectivity index (χ1) is 5.72. The molecule has 0 aromatic rings. The molecule has 0 rings (SSSR count). The van der Waals surface area contributed by atoms with Crippen LogP contribution in [0.1, 0.15) is 19.3 Å². The number of halogens is 1. The normalized spacial score (nSPS) is 11.7. The third kappa shape index (κ3) is 4.85. The molecule has 0 fully saturated rings. The second-order valence-corrected chi connectivity index (χ2v) is 2.45. The van der Waals surface area contributed by atoms with Crippen molar-refractivity contribution in [2.45, 2.75) is 19.3 Å². The van der Waals surface area contributed by atoms with E-state index in [0.29, 0.717) is 13.0 Å². The number of alkyl halides is 1. The number of rotatable bonds is 6. The monoisotopic (exact) mass is 175 g/mol. The lowest BCUT2D eigenvalue weighted by molar-refractivity contribution is -0.132. The zero-order valence-corrected chi connectivity index (χ0v) is 6.92. The molecule has 0 spiro atoms. The number of carboxylic acids is 1. The summed E-state index contributed by atoms with van der Waals surface area (Å²) >= 11 is 0. The molecular formula is C8H14FNO2. The first-order valence-electron chi connectivity index (χ1n) is 3.90. The molecule has 0 heterocycles. The molecular weight excluding hydrogens is 161 g/mol. The summed E-state index contributed by atoms with van der Waals surface area (Å²) in [5.74, 6) is -1.18. The lowest BCUT2D eigenvalue weighted by Gasteiger charge is -1.95. The van der Waals surface area contributed by atoms with Crippen molar-refractivity contribution in [3.8, 4) is 0 Å². The van der Waals surface area contributed by atoms with E-state index in [1.807, 2.05) is 0 Å². The van der Waals surface area contributed by atoms with Crippen LogP contribution in [0, 0.1) is 0 Å². The van der Waals surface area contributed by atoms with E-state index in [1.54, 1.807) is 0 Å². The van der Waals surface area contributed by atoms with Gasteiger partial charge < -0.3 is 10.8 Å². The molecule has 0 bridgehead atoms. The Bertz CT molecular complexity index is 168. The van der Waals surface area contributed by atoms with Crippen LogP contribution in [0.25, 0.3) is 0 Å². The molecule has 0 radical (unpaired) electrons. The highest BCUT2D eigenvalue weighted by Crippen LogP contribution is 2.02. The van der Waals surface area contributed by atoms with Crippen molar-refractivity contribution in [1.82, 2.24) is 0 Å². The van der Waals surface area contributed by atoms with Crippen molar-refractivity contribution in [2.75, 3.05) is 13.2 Å². The predicted octanol–water partition coefficient (Wildman–Crippen LogP) is 1.10. The number of unbranched alkanes of at least 4 members (excludes halogenated alkanes) is 2. The summed E-state index contributed by atoms with van der Waals surface area (Å²) in [5.41, 5.74) is 5.07. The Morgan fingerprint density at radius 2 is 2.17 bits per heavy atom. The molecule has 0 aliphatic rings. The summed E-state index contributed by atoms with van der Waals surface area (Å²) in [5, 5.41) is 8.40. The number of aliphatic carboxylic acids is 1. The van der Waals surface area contributed by atoms with Crippen LogP contribution in [0.2, 0.25) is 0 Å². The molecule has 0 aliphatic carbocycles. The van der Waals surface area contributed by atoms with Crippen LogP contribution >= 0.6 is 0 Å². The van der Waals surface area contributed by atoms with Gasteiger partial charge in [0.1, 0.15) is 6.67 Å². The average Bonchev–Trinajstić information content (AvgIpc) is 2.04. The van der Waals surface area contributed by atoms with Gasteiger partial charge in [-0.2, -0.15) is 0 Å². The quantitative estimate of drug-likeness (QED) is 0.469. The van der Waals surface area contributed by atoms with Gasteiger partial charge >= 0.3 is 5.97 Å². The highest BCUT2D eigenvalue weighted by Gasteiger charge is 2.04. The van der Waals surface area contributed by atoms with Gasteiger partial charge in [0.25, 0.3) is 0 Å². The second-order valence-electron chi connectivity index (χ2n) is 2.45. The van der Waals surface area contributed by atoms with Crippen molar-refractivity contribution in [1.29, 1.82) is 0 Å². The number of carboxylic acid groups (broad SMARTS) is 1. The molecule has 70 valence electrons. The number of carbonyl (C=O) groups is 1. The summed E-state index contributed by atoms with van der Waals surface area (Å²) in [7, 11) is 0. The second kappa shape index (κ2) is 6.79. The standard InChI is InChI=1S/C8H14FNO2/c9-6-7(8(11)12)4-2-1-3-5-10/h4H,1-3,5-6,10H2,(H,11,12)/b7-4-. The fraction of sp³-hybridized carbons (Fsp3) is 0.625. The largest absolute Gasteiger partial charge is 0.478 e.